The molecule has 2 atom stereocenters. The fraction of sp³-hybridized carbons (Fsp3) is 0.333. The van der Waals surface area contributed by atoms with E-state index < -0.39 is 0 Å². The molecule has 1 aliphatic carbocycles. The van der Waals surface area contributed by atoms with Gasteiger partial charge in [0.05, 0.1) is 11.3 Å². The van der Waals surface area contributed by atoms with E-state index in [0.29, 0.717) is 30.6 Å². The molecular formula is C18H18FN5O. The molecular weight excluding hydrogens is 321 g/mol. The number of nitrogen functional groups attached to an aromatic ring is 1. The van der Waals surface area contributed by atoms with Crippen molar-refractivity contribution < 1.29 is 9.18 Å². The standard InChI is InChI=1S/C18H18FN5O/c1-24-9-11(7-22-24)14-6-12(19)2-3-13(14)10-4-16-15(17(25)5-10)8-21-18(20)23-16/h2-3,6-8,10-11H,4-5,9H2,1H3,(H2,20,21,23). The number of aromatic nitrogens is 2. The van der Waals surface area contributed by atoms with Gasteiger partial charge in [-0.25, -0.2) is 14.4 Å². The second kappa shape index (κ2) is 5.91. The second-order valence-electron chi connectivity index (χ2n) is 6.60. The van der Waals surface area contributed by atoms with Crippen molar-refractivity contribution in [1.29, 1.82) is 0 Å². The molecule has 2 aromatic rings. The van der Waals surface area contributed by atoms with Crippen LogP contribution in [0, 0.1) is 5.82 Å². The van der Waals surface area contributed by atoms with Gasteiger partial charge in [-0.1, -0.05) is 6.07 Å². The number of rotatable bonds is 2. The Labute approximate surface area is 144 Å². The van der Waals surface area contributed by atoms with E-state index in [0.717, 1.165) is 11.1 Å². The number of Topliss-reactive ketones (excluding diaryl/α,β-unsaturated/α-hetero) is 1. The molecule has 25 heavy (non-hydrogen) atoms. The smallest absolute Gasteiger partial charge is 0.220 e. The van der Waals surface area contributed by atoms with E-state index in [4.69, 9.17) is 5.73 Å². The molecule has 0 saturated heterocycles. The van der Waals surface area contributed by atoms with E-state index in [1.807, 2.05) is 18.3 Å². The first kappa shape index (κ1) is 15.7. The largest absolute Gasteiger partial charge is 0.368 e. The number of benzene rings is 1. The summed E-state index contributed by atoms with van der Waals surface area (Å²) >= 11 is 0. The summed E-state index contributed by atoms with van der Waals surface area (Å²) in [6.07, 6.45) is 4.28. The second-order valence-corrected chi connectivity index (χ2v) is 6.60. The minimum absolute atomic E-state index is 0.00117. The molecule has 1 aromatic carbocycles. The van der Waals surface area contributed by atoms with Crippen LogP contribution in [0.15, 0.2) is 29.5 Å². The maximum atomic E-state index is 13.9. The highest BCUT2D eigenvalue weighted by Crippen LogP contribution is 2.36. The van der Waals surface area contributed by atoms with Crippen LogP contribution >= 0.6 is 0 Å². The van der Waals surface area contributed by atoms with Gasteiger partial charge in [-0.15, -0.1) is 0 Å². The minimum atomic E-state index is -0.282. The van der Waals surface area contributed by atoms with Gasteiger partial charge in [0.1, 0.15) is 5.82 Å². The fourth-order valence-electron chi connectivity index (χ4n) is 3.67. The van der Waals surface area contributed by atoms with Gasteiger partial charge in [-0.05, 0) is 35.6 Å². The van der Waals surface area contributed by atoms with Gasteiger partial charge < -0.3 is 5.73 Å². The summed E-state index contributed by atoms with van der Waals surface area (Å²) in [7, 11) is 1.88. The van der Waals surface area contributed by atoms with Crippen molar-refractivity contribution in [2.45, 2.75) is 24.7 Å². The average molecular weight is 339 g/mol. The Hall–Kier alpha value is -2.83. The lowest BCUT2D eigenvalue weighted by atomic mass is 9.78. The van der Waals surface area contributed by atoms with Crippen molar-refractivity contribution in [2.75, 3.05) is 19.3 Å². The number of hydrazone groups is 1. The molecule has 1 aromatic heterocycles. The van der Waals surface area contributed by atoms with Crippen LogP contribution in [0.2, 0.25) is 0 Å². The quantitative estimate of drug-likeness (QED) is 0.906. The van der Waals surface area contributed by atoms with Crippen molar-refractivity contribution in [2.24, 2.45) is 5.10 Å². The van der Waals surface area contributed by atoms with Gasteiger partial charge in [0, 0.05) is 38.3 Å². The zero-order valence-corrected chi connectivity index (χ0v) is 13.8. The van der Waals surface area contributed by atoms with Crippen LogP contribution in [0.4, 0.5) is 10.3 Å². The Morgan fingerprint density at radius 1 is 1.28 bits per heavy atom. The van der Waals surface area contributed by atoms with Crippen LogP contribution in [0.3, 0.4) is 0 Å². The molecule has 0 spiro atoms. The number of ketones is 1. The number of anilines is 1. The lowest BCUT2D eigenvalue weighted by Crippen LogP contribution is -2.23. The molecule has 1 aliphatic heterocycles. The van der Waals surface area contributed by atoms with Crippen molar-refractivity contribution in [3.05, 3.63) is 52.6 Å². The van der Waals surface area contributed by atoms with E-state index in [9.17, 15) is 9.18 Å². The van der Waals surface area contributed by atoms with Gasteiger partial charge in [0.25, 0.3) is 0 Å². The Kier molecular flexibility index (Phi) is 3.71. The molecule has 7 heteroatoms. The van der Waals surface area contributed by atoms with Crippen LogP contribution in [-0.2, 0) is 6.42 Å². The van der Waals surface area contributed by atoms with Crippen LogP contribution in [0.25, 0.3) is 0 Å². The number of hydrogen-bond acceptors (Lipinski definition) is 6. The summed E-state index contributed by atoms with van der Waals surface area (Å²) in [6.45, 7) is 0.697. The topological polar surface area (TPSA) is 84.5 Å². The molecule has 0 saturated carbocycles. The monoisotopic (exact) mass is 339 g/mol. The molecule has 4 rings (SSSR count). The molecule has 2 heterocycles. The number of nitrogens with zero attached hydrogens (tertiary/aromatic N) is 4. The summed E-state index contributed by atoms with van der Waals surface area (Å²) in [6, 6.07) is 4.78. The summed E-state index contributed by atoms with van der Waals surface area (Å²) in [5.74, 6) is -0.155. The molecule has 0 bridgehead atoms. The average Bonchev–Trinajstić information content (AvgIpc) is 3.00. The Morgan fingerprint density at radius 3 is 2.88 bits per heavy atom. The van der Waals surface area contributed by atoms with Gasteiger partial charge >= 0.3 is 0 Å². The number of carbonyl (C=O) groups is 1. The first-order valence-corrected chi connectivity index (χ1v) is 8.20. The van der Waals surface area contributed by atoms with E-state index >= 15 is 0 Å². The summed E-state index contributed by atoms with van der Waals surface area (Å²) in [4.78, 5) is 20.7. The molecule has 0 radical (unpaired) electrons. The van der Waals surface area contributed by atoms with Crippen molar-refractivity contribution >= 4 is 17.9 Å². The Bertz CT molecular complexity index is 882. The molecule has 2 aliphatic rings. The lowest BCUT2D eigenvalue weighted by molar-refractivity contribution is 0.0962. The van der Waals surface area contributed by atoms with E-state index in [-0.39, 0.29) is 29.4 Å². The van der Waals surface area contributed by atoms with Crippen LogP contribution < -0.4 is 5.73 Å². The number of fused-ring (bicyclic) bond motifs is 1. The molecule has 2 N–H and O–H groups in total. The maximum absolute atomic E-state index is 13.9. The minimum Gasteiger partial charge on any atom is -0.368 e. The van der Waals surface area contributed by atoms with E-state index in [1.165, 1.54) is 12.3 Å². The van der Waals surface area contributed by atoms with Crippen LogP contribution in [0.1, 0.15) is 45.4 Å². The van der Waals surface area contributed by atoms with Gasteiger partial charge in [-0.3, -0.25) is 9.80 Å². The van der Waals surface area contributed by atoms with Crippen LogP contribution in [0.5, 0.6) is 0 Å². The third kappa shape index (κ3) is 2.86. The normalized spacial score (nSPS) is 22.3. The number of hydrogen-bond donors (Lipinski definition) is 1. The van der Waals surface area contributed by atoms with Crippen LogP contribution in [-0.4, -0.2) is 40.6 Å². The lowest BCUT2D eigenvalue weighted by Gasteiger charge is -2.26. The van der Waals surface area contributed by atoms with Gasteiger partial charge in [0.15, 0.2) is 5.78 Å². The summed E-state index contributed by atoms with van der Waals surface area (Å²) in [5.41, 5.74) is 8.74. The Morgan fingerprint density at radius 2 is 2.12 bits per heavy atom. The van der Waals surface area contributed by atoms with Crippen molar-refractivity contribution in [1.82, 2.24) is 15.0 Å². The predicted octanol–water partition coefficient (Wildman–Crippen LogP) is 2.13. The zero-order valence-electron chi connectivity index (χ0n) is 13.8. The van der Waals surface area contributed by atoms with Gasteiger partial charge in [-0.2, -0.15) is 5.10 Å². The third-order valence-corrected chi connectivity index (χ3v) is 4.85. The highest BCUT2D eigenvalue weighted by molar-refractivity contribution is 5.98. The molecule has 6 nitrogen and oxygen atoms in total. The number of nitrogens with two attached hydrogens (primary N) is 1. The Balaban J connectivity index is 1.73. The number of likely N-dealkylation sites (N-methyl/N-ethyl adjacent to an activating group) is 1. The third-order valence-electron chi connectivity index (χ3n) is 4.85. The van der Waals surface area contributed by atoms with Gasteiger partial charge in [0.2, 0.25) is 5.95 Å². The first-order valence-electron chi connectivity index (χ1n) is 8.20. The molecule has 0 amide bonds. The maximum Gasteiger partial charge on any atom is 0.220 e. The van der Waals surface area contributed by atoms with Crippen molar-refractivity contribution in [3.63, 3.8) is 0 Å². The summed E-state index contributed by atoms with van der Waals surface area (Å²) < 4.78 is 13.9. The fourth-order valence-corrected chi connectivity index (χ4v) is 3.67. The van der Waals surface area contributed by atoms with E-state index in [1.54, 1.807) is 12.1 Å². The highest BCUT2D eigenvalue weighted by atomic mass is 19.1. The van der Waals surface area contributed by atoms with E-state index in [2.05, 4.69) is 15.1 Å². The number of carbonyl (C=O) groups excluding carboxylic acids is 1. The molecule has 2 unspecified atom stereocenters. The number of halogens is 1. The first-order chi connectivity index (χ1) is 12.0. The molecule has 0 fully saturated rings. The SMILES string of the molecule is CN1CC(c2cc(F)ccc2C2CC(=O)c3cnc(N)nc3C2)C=N1. The van der Waals surface area contributed by atoms with Crippen molar-refractivity contribution in [3.8, 4) is 0 Å². The highest BCUT2D eigenvalue weighted by Gasteiger charge is 2.31. The molecule has 128 valence electrons. The summed E-state index contributed by atoms with van der Waals surface area (Å²) in [5, 5.41) is 6.08. The zero-order chi connectivity index (χ0) is 17.6. The predicted molar refractivity (Wildman–Crippen MR) is 92.1 cm³/mol.